The van der Waals surface area contributed by atoms with Crippen molar-refractivity contribution >= 4 is 22.9 Å². The molecule has 0 aliphatic rings. The van der Waals surface area contributed by atoms with E-state index in [2.05, 4.69) is 10.3 Å². The number of carbonyl (C=O) groups excluding carboxylic acids is 1. The number of benzene rings is 2. The maximum atomic E-state index is 12.7. The van der Waals surface area contributed by atoms with Crippen LogP contribution in [0.1, 0.15) is 20.9 Å². The van der Waals surface area contributed by atoms with Gasteiger partial charge in [0.05, 0.1) is 25.5 Å². The summed E-state index contributed by atoms with van der Waals surface area (Å²) in [6, 6.07) is 9.65. The van der Waals surface area contributed by atoms with Crippen LogP contribution >= 0.6 is 11.3 Å². The Labute approximate surface area is 169 Å². The third kappa shape index (κ3) is 4.51. The van der Waals surface area contributed by atoms with Crippen molar-refractivity contribution in [1.29, 1.82) is 0 Å². The number of ether oxygens (including phenoxy) is 2. The lowest BCUT2D eigenvalue weighted by Crippen LogP contribution is -2.11. The minimum Gasteiger partial charge on any atom is -0.493 e. The number of aryl methyl sites for hydroxylation is 1. The zero-order valence-electron chi connectivity index (χ0n) is 15.8. The number of nitrogens with one attached hydrogen (secondary N) is 1. The van der Waals surface area contributed by atoms with E-state index in [0.717, 1.165) is 23.5 Å². The molecule has 152 valence electrons. The molecule has 0 saturated carbocycles. The molecule has 0 spiro atoms. The van der Waals surface area contributed by atoms with Crippen LogP contribution in [0.5, 0.6) is 11.5 Å². The number of thiazole rings is 1. The van der Waals surface area contributed by atoms with Crippen molar-refractivity contribution in [3.8, 4) is 22.1 Å². The summed E-state index contributed by atoms with van der Waals surface area (Å²) in [6.45, 7) is 1.67. The molecule has 1 aromatic heterocycles. The molecule has 1 amide bonds. The highest BCUT2D eigenvalue weighted by Gasteiger charge is 2.30. The van der Waals surface area contributed by atoms with E-state index in [1.807, 2.05) is 0 Å². The summed E-state index contributed by atoms with van der Waals surface area (Å²) in [5.74, 6) is 0.631. The van der Waals surface area contributed by atoms with Crippen molar-refractivity contribution in [3.63, 3.8) is 0 Å². The number of hydrogen-bond acceptors (Lipinski definition) is 5. The number of anilines is 1. The smallest absolute Gasteiger partial charge is 0.416 e. The van der Waals surface area contributed by atoms with Crippen molar-refractivity contribution in [2.24, 2.45) is 0 Å². The van der Waals surface area contributed by atoms with Crippen LogP contribution in [0.2, 0.25) is 0 Å². The summed E-state index contributed by atoms with van der Waals surface area (Å²) in [5, 5.41) is 3.23. The van der Waals surface area contributed by atoms with Gasteiger partial charge in [-0.2, -0.15) is 13.2 Å². The maximum Gasteiger partial charge on any atom is 0.416 e. The summed E-state index contributed by atoms with van der Waals surface area (Å²) in [7, 11) is 3.01. The molecule has 3 aromatic rings. The van der Waals surface area contributed by atoms with Crippen LogP contribution in [-0.2, 0) is 6.18 Å². The van der Waals surface area contributed by atoms with Gasteiger partial charge in [0.25, 0.3) is 5.91 Å². The first-order valence-corrected chi connectivity index (χ1v) is 9.23. The lowest BCUT2D eigenvalue weighted by molar-refractivity contribution is -0.137. The second-order valence-electron chi connectivity index (χ2n) is 6.03. The fraction of sp³-hybridized carbons (Fsp3) is 0.200. The van der Waals surface area contributed by atoms with E-state index in [9.17, 15) is 18.0 Å². The van der Waals surface area contributed by atoms with Crippen molar-refractivity contribution in [3.05, 3.63) is 58.6 Å². The Balaban J connectivity index is 1.82. The highest BCUT2D eigenvalue weighted by Crippen LogP contribution is 2.34. The molecule has 0 bridgehead atoms. The Morgan fingerprint density at radius 1 is 1.03 bits per heavy atom. The highest BCUT2D eigenvalue weighted by molar-refractivity contribution is 7.17. The van der Waals surface area contributed by atoms with E-state index in [-0.39, 0.29) is 5.91 Å². The third-order valence-electron chi connectivity index (χ3n) is 4.10. The Kier molecular flexibility index (Phi) is 5.78. The lowest BCUT2D eigenvalue weighted by atomic mass is 10.1. The van der Waals surface area contributed by atoms with E-state index in [1.54, 1.807) is 25.1 Å². The Bertz CT molecular complexity index is 1030. The van der Waals surface area contributed by atoms with Gasteiger partial charge in [0.15, 0.2) is 11.5 Å². The van der Waals surface area contributed by atoms with Gasteiger partial charge in [-0.3, -0.25) is 4.79 Å². The lowest BCUT2D eigenvalue weighted by Gasteiger charge is -2.10. The molecule has 0 aliphatic carbocycles. The molecular weight excluding hydrogens is 405 g/mol. The first-order chi connectivity index (χ1) is 13.7. The van der Waals surface area contributed by atoms with E-state index in [0.29, 0.717) is 38.3 Å². The Hall–Kier alpha value is -3.07. The van der Waals surface area contributed by atoms with Crippen LogP contribution in [0.3, 0.4) is 0 Å². The monoisotopic (exact) mass is 422 g/mol. The maximum absolute atomic E-state index is 12.7. The number of amides is 1. The van der Waals surface area contributed by atoms with Crippen molar-refractivity contribution < 1.29 is 27.4 Å². The fourth-order valence-corrected chi connectivity index (χ4v) is 3.60. The average Bonchev–Trinajstić information content (AvgIpc) is 3.09. The van der Waals surface area contributed by atoms with E-state index >= 15 is 0 Å². The second-order valence-corrected chi connectivity index (χ2v) is 7.03. The minimum absolute atomic E-state index is 0.370. The van der Waals surface area contributed by atoms with Crippen LogP contribution in [0.25, 0.3) is 10.6 Å². The van der Waals surface area contributed by atoms with E-state index < -0.39 is 11.7 Å². The minimum atomic E-state index is -4.40. The summed E-state index contributed by atoms with van der Waals surface area (Å²) in [6.07, 6.45) is -4.40. The van der Waals surface area contributed by atoms with Crippen LogP contribution in [0.15, 0.2) is 42.5 Å². The number of nitrogens with zero attached hydrogens (tertiary/aromatic N) is 1. The zero-order chi connectivity index (χ0) is 21.2. The van der Waals surface area contributed by atoms with Crippen LogP contribution in [0, 0.1) is 6.92 Å². The zero-order valence-corrected chi connectivity index (χ0v) is 16.6. The fourth-order valence-electron chi connectivity index (χ4n) is 2.63. The molecule has 1 N–H and O–H groups in total. The third-order valence-corrected chi connectivity index (χ3v) is 5.31. The molecule has 0 fully saturated rings. The molecule has 0 atom stereocenters. The molecule has 1 heterocycles. The molecule has 0 radical (unpaired) electrons. The van der Waals surface area contributed by atoms with Gasteiger partial charge in [0, 0.05) is 17.3 Å². The standard InChI is InChI=1S/C20H17F3N2O3S/c1-11-17(18(26)25-14-8-9-15(27-2)16(10-14)28-3)29-19(24-11)12-4-6-13(7-5-12)20(21,22)23/h4-10H,1-3H3,(H,25,26). The number of carbonyl (C=O) groups is 1. The summed E-state index contributed by atoms with van der Waals surface area (Å²) < 4.78 is 48.5. The number of halogens is 3. The molecule has 5 nitrogen and oxygen atoms in total. The molecule has 3 rings (SSSR count). The second kappa shape index (κ2) is 8.12. The van der Waals surface area contributed by atoms with Gasteiger partial charge < -0.3 is 14.8 Å². The van der Waals surface area contributed by atoms with Gasteiger partial charge in [-0.1, -0.05) is 12.1 Å². The SMILES string of the molecule is COc1ccc(NC(=O)c2sc(-c3ccc(C(F)(F)F)cc3)nc2C)cc1OC. The van der Waals surface area contributed by atoms with Crippen molar-refractivity contribution in [1.82, 2.24) is 4.98 Å². The summed E-state index contributed by atoms with van der Waals surface area (Å²) in [4.78, 5) is 17.4. The first-order valence-electron chi connectivity index (χ1n) is 8.41. The summed E-state index contributed by atoms with van der Waals surface area (Å²) >= 11 is 1.11. The normalized spacial score (nSPS) is 11.2. The molecule has 2 aromatic carbocycles. The largest absolute Gasteiger partial charge is 0.493 e. The number of methoxy groups -OCH3 is 2. The number of alkyl halides is 3. The molecular formula is C20H17F3N2O3S. The number of hydrogen-bond donors (Lipinski definition) is 1. The average molecular weight is 422 g/mol. The van der Waals surface area contributed by atoms with E-state index in [1.165, 1.54) is 26.4 Å². The van der Waals surface area contributed by atoms with Gasteiger partial charge in [-0.25, -0.2) is 4.98 Å². The van der Waals surface area contributed by atoms with Crippen LogP contribution in [-0.4, -0.2) is 25.1 Å². The van der Waals surface area contributed by atoms with Gasteiger partial charge in [0.1, 0.15) is 9.88 Å². The Morgan fingerprint density at radius 2 is 1.69 bits per heavy atom. The highest BCUT2D eigenvalue weighted by atomic mass is 32.1. The van der Waals surface area contributed by atoms with Crippen LogP contribution in [0.4, 0.5) is 18.9 Å². The summed E-state index contributed by atoms with van der Waals surface area (Å²) in [5.41, 5.74) is 0.775. The number of rotatable bonds is 5. The topological polar surface area (TPSA) is 60.5 Å². The van der Waals surface area contributed by atoms with Gasteiger partial charge in [-0.15, -0.1) is 11.3 Å². The molecule has 0 saturated heterocycles. The van der Waals surface area contributed by atoms with Crippen LogP contribution < -0.4 is 14.8 Å². The predicted molar refractivity (Wildman–Crippen MR) is 105 cm³/mol. The number of aromatic nitrogens is 1. The quantitative estimate of drug-likeness (QED) is 0.598. The van der Waals surface area contributed by atoms with Crippen molar-refractivity contribution in [2.75, 3.05) is 19.5 Å². The first kappa shape index (κ1) is 20.7. The molecule has 0 aliphatic heterocycles. The van der Waals surface area contributed by atoms with Gasteiger partial charge in [-0.05, 0) is 31.2 Å². The van der Waals surface area contributed by atoms with E-state index in [4.69, 9.17) is 9.47 Å². The Morgan fingerprint density at radius 3 is 2.28 bits per heavy atom. The van der Waals surface area contributed by atoms with Gasteiger partial charge in [0.2, 0.25) is 0 Å². The predicted octanol–water partition coefficient (Wildman–Crippen LogP) is 5.41. The molecule has 9 heteroatoms. The van der Waals surface area contributed by atoms with Gasteiger partial charge >= 0.3 is 6.18 Å². The van der Waals surface area contributed by atoms with Crippen molar-refractivity contribution in [2.45, 2.75) is 13.1 Å². The molecule has 29 heavy (non-hydrogen) atoms. The molecule has 0 unspecified atom stereocenters.